The molecule has 1 N–H and O–H groups in total. The first-order chi connectivity index (χ1) is 11.7. The summed E-state index contributed by atoms with van der Waals surface area (Å²) in [5, 5.41) is 3.85. The van der Waals surface area contributed by atoms with E-state index in [0.29, 0.717) is 11.5 Å². The number of allylic oxidation sites excluding steroid dienone is 1. The van der Waals surface area contributed by atoms with Crippen molar-refractivity contribution < 1.29 is 14.3 Å². The number of amides is 1. The summed E-state index contributed by atoms with van der Waals surface area (Å²) in [7, 11) is 1.55. The summed E-state index contributed by atoms with van der Waals surface area (Å²) in [6.07, 6.45) is 7.36. The van der Waals surface area contributed by atoms with Crippen LogP contribution in [0.1, 0.15) is 11.1 Å². The van der Waals surface area contributed by atoms with E-state index in [9.17, 15) is 4.79 Å². The van der Waals surface area contributed by atoms with Crippen molar-refractivity contribution in [2.75, 3.05) is 13.7 Å². The molecule has 6 nitrogen and oxygen atoms in total. The number of carbonyl (C=O) groups is 1. The third-order valence-electron chi connectivity index (χ3n) is 3.05. The van der Waals surface area contributed by atoms with Gasteiger partial charge in [-0.05, 0) is 30.2 Å². The summed E-state index contributed by atoms with van der Waals surface area (Å²) in [6, 6.07) is 9.14. The molecule has 0 fully saturated rings. The first-order valence-electron chi connectivity index (χ1n) is 7.35. The molecule has 2 aromatic rings. The highest BCUT2D eigenvalue weighted by Gasteiger charge is 2.08. The Labute approximate surface area is 140 Å². The van der Waals surface area contributed by atoms with Gasteiger partial charge in [0.2, 0.25) is 0 Å². The SMILES string of the molecule is C=CCc1ccc(OCC(=O)N/N=C\c2cccnc2)c(OC)c1. The number of methoxy groups -OCH3 is 1. The van der Waals surface area contributed by atoms with Crippen LogP contribution in [-0.2, 0) is 11.2 Å². The summed E-state index contributed by atoms with van der Waals surface area (Å²) in [5.74, 6) is 0.699. The number of carbonyl (C=O) groups excluding carboxylic acids is 1. The molecule has 2 rings (SSSR count). The molecular weight excluding hydrogens is 306 g/mol. The van der Waals surface area contributed by atoms with Gasteiger partial charge in [0.1, 0.15) is 0 Å². The molecule has 24 heavy (non-hydrogen) atoms. The molecular formula is C18H19N3O3. The molecule has 0 aliphatic carbocycles. The summed E-state index contributed by atoms with van der Waals surface area (Å²) < 4.78 is 10.8. The Morgan fingerprint density at radius 2 is 2.25 bits per heavy atom. The van der Waals surface area contributed by atoms with Gasteiger partial charge in [0.15, 0.2) is 18.1 Å². The number of rotatable bonds is 8. The zero-order valence-electron chi connectivity index (χ0n) is 13.4. The van der Waals surface area contributed by atoms with Gasteiger partial charge in [0.25, 0.3) is 5.91 Å². The molecule has 0 aliphatic heterocycles. The van der Waals surface area contributed by atoms with E-state index in [1.807, 2.05) is 24.3 Å². The lowest BCUT2D eigenvalue weighted by atomic mass is 10.1. The number of aromatic nitrogens is 1. The molecule has 0 radical (unpaired) electrons. The minimum atomic E-state index is -0.368. The van der Waals surface area contributed by atoms with Gasteiger partial charge in [-0.25, -0.2) is 5.43 Å². The molecule has 0 spiro atoms. The second-order valence-electron chi connectivity index (χ2n) is 4.85. The molecule has 0 aliphatic rings. The number of benzene rings is 1. The molecule has 1 heterocycles. The van der Waals surface area contributed by atoms with Crippen LogP contribution in [0.5, 0.6) is 11.5 Å². The van der Waals surface area contributed by atoms with Gasteiger partial charge in [-0.3, -0.25) is 9.78 Å². The smallest absolute Gasteiger partial charge is 0.277 e. The monoisotopic (exact) mass is 325 g/mol. The predicted molar refractivity (Wildman–Crippen MR) is 92.4 cm³/mol. The number of nitrogens with one attached hydrogen (secondary N) is 1. The van der Waals surface area contributed by atoms with E-state index in [0.717, 1.165) is 17.5 Å². The second kappa shape index (κ2) is 9.09. The molecule has 1 aromatic carbocycles. The highest BCUT2D eigenvalue weighted by atomic mass is 16.5. The maximum Gasteiger partial charge on any atom is 0.277 e. The van der Waals surface area contributed by atoms with Crippen molar-refractivity contribution in [2.45, 2.75) is 6.42 Å². The van der Waals surface area contributed by atoms with Gasteiger partial charge in [0, 0.05) is 18.0 Å². The van der Waals surface area contributed by atoms with Crippen molar-refractivity contribution in [3.05, 3.63) is 66.5 Å². The Hall–Kier alpha value is -3.15. The van der Waals surface area contributed by atoms with Crippen LogP contribution in [-0.4, -0.2) is 30.8 Å². The van der Waals surface area contributed by atoms with Crippen LogP contribution in [0.2, 0.25) is 0 Å². The average Bonchev–Trinajstić information content (AvgIpc) is 2.61. The standard InChI is InChI=1S/C18H19N3O3/c1-3-5-14-7-8-16(17(10-14)23-2)24-13-18(22)21-20-12-15-6-4-9-19-11-15/h3-4,6-12H,1,5,13H2,2H3,(H,21,22)/b20-12-. The van der Waals surface area contributed by atoms with Crippen molar-refractivity contribution in [1.82, 2.24) is 10.4 Å². The van der Waals surface area contributed by atoms with Gasteiger partial charge in [-0.1, -0.05) is 18.2 Å². The van der Waals surface area contributed by atoms with Gasteiger partial charge < -0.3 is 9.47 Å². The quantitative estimate of drug-likeness (QED) is 0.459. The van der Waals surface area contributed by atoms with Crippen LogP contribution in [0.25, 0.3) is 0 Å². The van der Waals surface area contributed by atoms with Crippen molar-refractivity contribution in [3.63, 3.8) is 0 Å². The fourth-order valence-electron chi connectivity index (χ4n) is 1.93. The number of ether oxygens (including phenoxy) is 2. The van der Waals surface area contributed by atoms with E-state index in [1.54, 1.807) is 31.6 Å². The Kier molecular flexibility index (Phi) is 6.52. The lowest BCUT2D eigenvalue weighted by Gasteiger charge is -2.11. The van der Waals surface area contributed by atoms with E-state index in [1.165, 1.54) is 6.21 Å². The highest BCUT2D eigenvalue weighted by molar-refractivity contribution is 5.82. The summed E-state index contributed by atoms with van der Waals surface area (Å²) >= 11 is 0. The van der Waals surface area contributed by atoms with Crippen LogP contribution >= 0.6 is 0 Å². The van der Waals surface area contributed by atoms with Crippen molar-refractivity contribution >= 4 is 12.1 Å². The molecule has 0 bridgehead atoms. The lowest BCUT2D eigenvalue weighted by molar-refractivity contribution is -0.123. The fraction of sp³-hybridized carbons (Fsp3) is 0.167. The Morgan fingerprint density at radius 3 is 2.96 bits per heavy atom. The Bertz CT molecular complexity index is 715. The predicted octanol–water partition coefficient (Wildman–Crippen LogP) is 2.35. The van der Waals surface area contributed by atoms with E-state index < -0.39 is 0 Å². The average molecular weight is 325 g/mol. The van der Waals surface area contributed by atoms with Crippen LogP contribution < -0.4 is 14.9 Å². The molecule has 0 atom stereocenters. The zero-order chi connectivity index (χ0) is 17.2. The molecule has 0 saturated heterocycles. The Balaban J connectivity index is 1.87. The third kappa shape index (κ3) is 5.24. The Morgan fingerprint density at radius 1 is 1.38 bits per heavy atom. The first kappa shape index (κ1) is 17.2. The van der Waals surface area contributed by atoms with Gasteiger partial charge in [-0.2, -0.15) is 5.10 Å². The summed E-state index contributed by atoms with van der Waals surface area (Å²) in [5.41, 5.74) is 4.24. The number of nitrogens with zero attached hydrogens (tertiary/aromatic N) is 2. The van der Waals surface area contributed by atoms with E-state index >= 15 is 0 Å². The highest BCUT2D eigenvalue weighted by Crippen LogP contribution is 2.28. The maximum atomic E-state index is 11.8. The number of hydrazone groups is 1. The largest absolute Gasteiger partial charge is 0.493 e. The van der Waals surface area contributed by atoms with E-state index in [-0.39, 0.29) is 12.5 Å². The number of hydrogen-bond acceptors (Lipinski definition) is 5. The van der Waals surface area contributed by atoms with E-state index in [2.05, 4.69) is 22.1 Å². The third-order valence-corrected chi connectivity index (χ3v) is 3.05. The summed E-state index contributed by atoms with van der Waals surface area (Å²) in [6.45, 7) is 3.54. The fourth-order valence-corrected chi connectivity index (χ4v) is 1.93. The van der Waals surface area contributed by atoms with Crippen LogP contribution in [0.4, 0.5) is 0 Å². The molecule has 6 heteroatoms. The lowest BCUT2D eigenvalue weighted by Crippen LogP contribution is -2.24. The van der Waals surface area contributed by atoms with Gasteiger partial charge in [0.05, 0.1) is 13.3 Å². The first-order valence-corrected chi connectivity index (χ1v) is 7.35. The van der Waals surface area contributed by atoms with Crippen LogP contribution in [0.15, 0.2) is 60.5 Å². The maximum absolute atomic E-state index is 11.8. The molecule has 1 amide bonds. The summed E-state index contributed by atoms with van der Waals surface area (Å²) in [4.78, 5) is 15.7. The molecule has 1 aromatic heterocycles. The molecule has 0 saturated carbocycles. The second-order valence-corrected chi connectivity index (χ2v) is 4.85. The van der Waals surface area contributed by atoms with Gasteiger partial charge in [-0.15, -0.1) is 6.58 Å². The minimum absolute atomic E-state index is 0.165. The van der Waals surface area contributed by atoms with Crippen molar-refractivity contribution in [3.8, 4) is 11.5 Å². The van der Waals surface area contributed by atoms with Crippen molar-refractivity contribution in [1.29, 1.82) is 0 Å². The van der Waals surface area contributed by atoms with E-state index in [4.69, 9.17) is 9.47 Å². The molecule has 124 valence electrons. The van der Waals surface area contributed by atoms with Gasteiger partial charge >= 0.3 is 0 Å². The molecule has 0 unspecified atom stereocenters. The number of hydrogen-bond donors (Lipinski definition) is 1. The minimum Gasteiger partial charge on any atom is -0.493 e. The number of pyridine rings is 1. The topological polar surface area (TPSA) is 72.8 Å². The van der Waals surface area contributed by atoms with Crippen LogP contribution in [0, 0.1) is 0 Å². The normalized spacial score (nSPS) is 10.4. The zero-order valence-corrected chi connectivity index (χ0v) is 13.4. The van der Waals surface area contributed by atoms with Crippen LogP contribution in [0.3, 0.4) is 0 Å². The van der Waals surface area contributed by atoms with Crippen molar-refractivity contribution in [2.24, 2.45) is 5.10 Å².